The van der Waals surface area contributed by atoms with E-state index in [-0.39, 0.29) is 12.1 Å². The lowest BCUT2D eigenvalue weighted by molar-refractivity contribution is 0.227. The Bertz CT molecular complexity index is 1090. The number of piperidine rings is 1. The highest BCUT2D eigenvalue weighted by Gasteiger charge is 2.29. The van der Waals surface area contributed by atoms with E-state index in [2.05, 4.69) is 110 Å². The fourth-order valence-corrected chi connectivity index (χ4v) is 5.67. The van der Waals surface area contributed by atoms with Crippen molar-refractivity contribution < 1.29 is 0 Å². The van der Waals surface area contributed by atoms with E-state index in [9.17, 15) is 0 Å². The average Bonchev–Trinajstić information content (AvgIpc) is 3.30. The van der Waals surface area contributed by atoms with Gasteiger partial charge in [0, 0.05) is 32.5 Å². The van der Waals surface area contributed by atoms with Crippen molar-refractivity contribution in [2.24, 2.45) is 11.7 Å². The van der Waals surface area contributed by atoms with E-state index in [1.807, 2.05) is 13.0 Å². The number of rotatable bonds is 12. The van der Waals surface area contributed by atoms with Crippen LogP contribution in [0.4, 0.5) is 0 Å². The zero-order chi connectivity index (χ0) is 28.5. The highest BCUT2D eigenvalue weighted by atomic mass is 15.2. The molecule has 0 aliphatic carbocycles. The van der Waals surface area contributed by atoms with E-state index in [1.54, 1.807) is 0 Å². The van der Waals surface area contributed by atoms with Gasteiger partial charge in [0.25, 0.3) is 0 Å². The first-order chi connectivity index (χ1) is 18.7. The molecule has 1 fully saturated rings. The first kappa shape index (κ1) is 30.4. The number of likely N-dealkylation sites (N-methyl/N-ethyl adjacent to an activating group) is 1. The normalized spacial score (nSPS) is 23.1. The Morgan fingerprint density at radius 3 is 2.54 bits per heavy atom. The molecule has 2 atom stereocenters. The average molecular weight is 530 g/mol. The van der Waals surface area contributed by atoms with Gasteiger partial charge in [0.2, 0.25) is 0 Å². The second-order valence-corrected chi connectivity index (χ2v) is 11.3. The smallest absolute Gasteiger partial charge is 0.0785 e. The fourth-order valence-electron chi connectivity index (χ4n) is 5.67. The SMILES string of the molecule is C=CCC/C(C)=C/N1C=C(NC(=C)C2=CCC(C(/C=C\C)=C/C(=C)C)N2C)C(N2CCC(CN)CC2)=CC1C. The maximum Gasteiger partial charge on any atom is 0.0785 e. The Morgan fingerprint density at radius 2 is 1.92 bits per heavy atom. The Balaban J connectivity index is 1.85. The van der Waals surface area contributed by atoms with E-state index < -0.39 is 0 Å². The molecule has 5 heteroatoms. The van der Waals surface area contributed by atoms with Crippen LogP contribution in [0.25, 0.3) is 0 Å². The molecule has 0 aromatic rings. The van der Waals surface area contributed by atoms with Crippen LogP contribution in [0, 0.1) is 5.92 Å². The Hall–Kier alpha value is -3.18. The zero-order valence-electron chi connectivity index (χ0n) is 25.0. The summed E-state index contributed by atoms with van der Waals surface area (Å²) in [6, 6.07) is 0.530. The molecular weight excluding hydrogens is 478 g/mol. The minimum Gasteiger partial charge on any atom is -0.370 e. The van der Waals surface area contributed by atoms with Crippen molar-refractivity contribution in [1.82, 2.24) is 20.0 Å². The largest absolute Gasteiger partial charge is 0.370 e. The van der Waals surface area contributed by atoms with Crippen LogP contribution in [0.5, 0.6) is 0 Å². The third-order valence-electron chi connectivity index (χ3n) is 7.96. The van der Waals surface area contributed by atoms with Crippen LogP contribution in [-0.2, 0) is 0 Å². The van der Waals surface area contributed by atoms with E-state index in [4.69, 9.17) is 5.73 Å². The van der Waals surface area contributed by atoms with Crippen molar-refractivity contribution in [3.63, 3.8) is 0 Å². The lowest BCUT2D eigenvalue weighted by atomic mass is 9.95. The molecule has 0 aromatic heterocycles. The standard InChI is InChI=1S/C34H51N5/c1-9-11-13-26(5)23-39-24-31(34(21-27(39)6)38-18-16-29(22-35)17-19-38)36-28(7)32-14-15-33(37(32)8)30(12-10-2)20-25(3)4/h9-10,12,14,20-21,23-24,27,29,33,36H,1,3,7,11,13,15-19,22,35H2,2,4-6,8H3/b12-10-,26-23+,30-20+. The molecule has 2 unspecified atom stereocenters. The van der Waals surface area contributed by atoms with Gasteiger partial charge in [-0.1, -0.05) is 54.7 Å². The summed E-state index contributed by atoms with van der Waals surface area (Å²) in [7, 11) is 2.16. The van der Waals surface area contributed by atoms with Crippen molar-refractivity contribution in [2.45, 2.75) is 71.9 Å². The lowest BCUT2D eigenvalue weighted by Crippen LogP contribution is -2.41. The molecule has 0 bridgehead atoms. The van der Waals surface area contributed by atoms with Crippen molar-refractivity contribution in [3.8, 4) is 0 Å². The topological polar surface area (TPSA) is 47.8 Å². The molecule has 212 valence electrons. The van der Waals surface area contributed by atoms with Crippen LogP contribution < -0.4 is 11.1 Å². The highest BCUT2D eigenvalue weighted by molar-refractivity contribution is 5.43. The Morgan fingerprint density at radius 1 is 1.21 bits per heavy atom. The van der Waals surface area contributed by atoms with Gasteiger partial charge >= 0.3 is 0 Å². The molecule has 3 aliphatic rings. The van der Waals surface area contributed by atoms with Crippen LogP contribution in [0.2, 0.25) is 0 Å². The molecule has 39 heavy (non-hydrogen) atoms. The van der Waals surface area contributed by atoms with Gasteiger partial charge in [0.05, 0.1) is 34.9 Å². The number of hydrogen-bond acceptors (Lipinski definition) is 5. The second-order valence-electron chi connectivity index (χ2n) is 11.3. The maximum absolute atomic E-state index is 5.99. The first-order valence-corrected chi connectivity index (χ1v) is 14.5. The lowest BCUT2D eigenvalue weighted by Gasteiger charge is -2.40. The molecule has 0 amide bonds. The predicted octanol–water partition coefficient (Wildman–Crippen LogP) is 6.73. The summed E-state index contributed by atoms with van der Waals surface area (Å²) in [6.07, 6.45) is 22.9. The summed E-state index contributed by atoms with van der Waals surface area (Å²) in [6.45, 7) is 23.9. The van der Waals surface area contributed by atoms with Crippen LogP contribution in [0.15, 0.2) is 108 Å². The van der Waals surface area contributed by atoms with E-state index in [0.29, 0.717) is 5.92 Å². The molecule has 0 aromatic carbocycles. The number of nitrogens with two attached hydrogens (primary N) is 1. The van der Waals surface area contributed by atoms with Crippen molar-refractivity contribution >= 4 is 0 Å². The van der Waals surface area contributed by atoms with Gasteiger partial charge < -0.3 is 25.8 Å². The number of hydrogen-bond donors (Lipinski definition) is 2. The van der Waals surface area contributed by atoms with Gasteiger partial charge in [-0.25, -0.2) is 0 Å². The van der Waals surface area contributed by atoms with Gasteiger partial charge in [-0.2, -0.15) is 0 Å². The molecule has 0 spiro atoms. The van der Waals surface area contributed by atoms with Crippen LogP contribution in [0.3, 0.4) is 0 Å². The van der Waals surface area contributed by atoms with E-state index >= 15 is 0 Å². The van der Waals surface area contributed by atoms with Crippen LogP contribution in [0.1, 0.15) is 59.8 Å². The van der Waals surface area contributed by atoms with Gasteiger partial charge in [0.15, 0.2) is 0 Å². The number of allylic oxidation sites excluding steroid dienone is 5. The summed E-state index contributed by atoms with van der Waals surface area (Å²) in [5, 5.41) is 3.74. The molecule has 3 rings (SSSR count). The third-order valence-corrected chi connectivity index (χ3v) is 7.96. The van der Waals surface area contributed by atoms with Gasteiger partial charge in [0.1, 0.15) is 0 Å². The highest BCUT2D eigenvalue weighted by Crippen LogP contribution is 2.32. The van der Waals surface area contributed by atoms with Gasteiger partial charge in [-0.05, 0) is 83.9 Å². The molecule has 3 aliphatic heterocycles. The summed E-state index contributed by atoms with van der Waals surface area (Å²) in [5.74, 6) is 0.623. The third kappa shape index (κ3) is 7.92. The monoisotopic (exact) mass is 529 g/mol. The molecular formula is C34H51N5. The van der Waals surface area contributed by atoms with Crippen molar-refractivity contribution in [1.29, 1.82) is 0 Å². The molecule has 1 saturated heterocycles. The van der Waals surface area contributed by atoms with E-state index in [0.717, 1.165) is 74.4 Å². The predicted molar refractivity (Wildman–Crippen MR) is 168 cm³/mol. The number of nitrogens with one attached hydrogen (secondary N) is 1. The minimum absolute atomic E-state index is 0.262. The summed E-state index contributed by atoms with van der Waals surface area (Å²) in [4.78, 5) is 7.18. The minimum atomic E-state index is 0.262. The van der Waals surface area contributed by atoms with Crippen molar-refractivity contribution in [3.05, 3.63) is 108 Å². The first-order valence-electron chi connectivity index (χ1n) is 14.5. The summed E-state index contributed by atoms with van der Waals surface area (Å²) >= 11 is 0. The molecule has 0 radical (unpaired) electrons. The fraction of sp³-hybridized carbons (Fsp3) is 0.471. The Kier molecular flexibility index (Phi) is 11.1. The van der Waals surface area contributed by atoms with E-state index in [1.165, 1.54) is 16.8 Å². The summed E-state index contributed by atoms with van der Waals surface area (Å²) in [5.41, 5.74) is 14.1. The number of nitrogens with zero attached hydrogens (tertiary/aromatic N) is 3. The van der Waals surface area contributed by atoms with Crippen LogP contribution in [-0.4, -0.2) is 53.5 Å². The molecule has 5 nitrogen and oxygen atoms in total. The zero-order valence-corrected chi connectivity index (χ0v) is 25.0. The Labute approximate surface area is 238 Å². The molecule has 3 heterocycles. The van der Waals surface area contributed by atoms with Gasteiger partial charge in [-0.15, -0.1) is 6.58 Å². The van der Waals surface area contributed by atoms with Crippen LogP contribution >= 0.6 is 0 Å². The van der Waals surface area contributed by atoms with Gasteiger partial charge in [-0.3, -0.25) is 0 Å². The molecule has 0 saturated carbocycles. The second kappa shape index (κ2) is 14.3. The summed E-state index contributed by atoms with van der Waals surface area (Å²) < 4.78 is 0. The number of likely N-dealkylation sites (tertiary alicyclic amines) is 1. The maximum atomic E-state index is 5.99. The molecule has 3 N–H and O–H groups in total. The van der Waals surface area contributed by atoms with Crippen molar-refractivity contribution in [2.75, 3.05) is 26.7 Å². The quantitative estimate of drug-likeness (QED) is 0.217.